The molecular weight excluding hydrogens is 444 g/mol. The summed E-state index contributed by atoms with van der Waals surface area (Å²) in [5.41, 5.74) is 0. The summed E-state index contributed by atoms with van der Waals surface area (Å²) >= 11 is 0. The number of aromatic nitrogens is 2. The molecule has 2 nitrogen and oxygen atoms in total. The summed E-state index contributed by atoms with van der Waals surface area (Å²) in [5.74, 6) is 0. The van der Waals surface area contributed by atoms with E-state index in [1.165, 1.54) is 12.4 Å². The molecule has 0 aliphatic rings. The number of nitrogens with zero attached hydrogens (tertiary/aromatic N) is 2. The van der Waals surface area contributed by atoms with Crippen LogP contribution in [-0.2, 0) is 42.1 Å². The van der Waals surface area contributed by atoms with Gasteiger partial charge in [-0.15, -0.1) is 12.4 Å². The van der Waals surface area contributed by atoms with Crippen LogP contribution in [0.25, 0.3) is 0 Å². The van der Waals surface area contributed by atoms with Gasteiger partial charge in [-0.05, 0) is 0 Å². The smallest absolute Gasteiger partial charge is 0 e. The Morgan fingerprint density at radius 2 is 1.50 bits per heavy atom. The van der Waals surface area contributed by atoms with Crippen LogP contribution < -0.4 is 0 Å². The molecule has 0 aromatic carbocycles. The molecule has 4 heteroatoms. The number of rotatable bonds is 0. The van der Waals surface area contributed by atoms with Crippen molar-refractivity contribution in [3.8, 4) is 0 Å². The summed E-state index contributed by atoms with van der Waals surface area (Å²) in [7, 11) is 0. The van der Waals surface area contributed by atoms with Gasteiger partial charge in [0.1, 0.15) is 0 Å². The molecule has 0 fully saturated rings. The minimum atomic E-state index is 0. The van der Waals surface area contributed by atoms with Crippen LogP contribution in [0.2, 0.25) is 0 Å². The molecule has 0 saturated heterocycles. The molecule has 0 spiro atoms. The zero-order valence-corrected chi connectivity index (χ0v) is 9.73. The predicted octanol–water partition coefficient (Wildman–Crippen LogP) is 0.0720. The monoisotopic (exact) mass is 446 g/mol. The molecule has 1 heterocycles. The number of hydrogen-bond donors (Lipinski definition) is 0. The zero-order chi connectivity index (χ0) is 4.24. The second kappa shape index (κ2) is 7.46. The Kier molecular flexibility index (Phi) is 10.5. The van der Waals surface area contributed by atoms with Crippen molar-refractivity contribution in [1.29, 1.82) is 0 Å². The van der Waals surface area contributed by atoms with Gasteiger partial charge < -0.3 is 22.4 Å². The molecule has 0 bridgehead atoms. The molecule has 0 N–H and O–H groups in total. The molecule has 0 saturated carbocycles. The third-order valence-corrected chi connectivity index (χ3v) is 0.394. The summed E-state index contributed by atoms with van der Waals surface area (Å²) in [6.07, 6.45) is 7.92. The van der Waals surface area contributed by atoms with E-state index in [9.17, 15) is 0 Å². The van der Waals surface area contributed by atoms with Gasteiger partial charge in [-0.25, -0.2) is 0 Å². The first-order chi connectivity index (χ1) is 3.00. The van der Waals surface area contributed by atoms with Crippen LogP contribution in [0.1, 0.15) is 0 Å². The van der Waals surface area contributed by atoms with Crippen LogP contribution in [0.3, 0.4) is 0 Å². The second-order valence-electron chi connectivity index (χ2n) is 0.777. The van der Waals surface area contributed by atoms with Crippen LogP contribution in [0.5, 0.6) is 0 Å². The largest absolute Gasteiger partial charge is 0.673 e. The topological polar surface area (TPSA) is 25.8 Å². The van der Waals surface area contributed by atoms with Gasteiger partial charge >= 0.3 is 0 Å². The van der Waals surface area contributed by atoms with Crippen molar-refractivity contribution in [2.24, 2.45) is 0 Å². The predicted molar refractivity (Wildman–Crippen MR) is 19.7 cm³/mol. The molecule has 8 heavy (non-hydrogen) atoms. The van der Waals surface area contributed by atoms with E-state index in [1.807, 2.05) is 0 Å². The standard InChI is InChI=1S/C4H2N2.2W/c1-2-6-4-3-5-1;;/h1,3H;;/q-2;;. The molecule has 0 atom stereocenters. The molecule has 42 valence electrons. The Labute approximate surface area is 76.6 Å². The summed E-state index contributed by atoms with van der Waals surface area (Å²) in [5, 5.41) is 0. The van der Waals surface area contributed by atoms with Crippen LogP contribution in [0.15, 0.2) is 12.4 Å². The van der Waals surface area contributed by atoms with Crippen molar-refractivity contribution in [1.82, 2.24) is 9.97 Å². The molecule has 1 aromatic rings. The molecule has 0 radical (unpaired) electrons. The molecule has 1 rings (SSSR count). The van der Waals surface area contributed by atoms with Crippen molar-refractivity contribution < 1.29 is 42.1 Å². The van der Waals surface area contributed by atoms with E-state index < -0.39 is 0 Å². The summed E-state index contributed by atoms with van der Waals surface area (Å²) in [6.45, 7) is 0. The molecule has 0 aliphatic heterocycles. The first-order valence-electron chi connectivity index (χ1n) is 1.54. The average molecular weight is 446 g/mol. The Bertz CT molecular complexity index is 84.0. The van der Waals surface area contributed by atoms with Crippen LogP contribution in [0.4, 0.5) is 0 Å². The summed E-state index contributed by atoms with van der Waals surface area (Å²) in [6, 6.07) is 0. The molecule has 0 aliphatic carbocycles. The van der Waals surface area contributed by atoms with Crippen molar-refractivity contribution in [3.05, 3.63) is 24.8 Å². The Hall–Kier alpha value is 0.457. The van der Waals surface area contributed by atoms with Crippen molar-refractivity contribution in [2.45, 2.75) is 0 Å². The van der Waals surface area contributed by atoms with E-state index in [-0.39, 0.29) is 42.1 Å². The van der Waals surface area contributed by atoms with Crippen LogP contribution in [-0.4, -0.2) is 9.97 Å². The van der Waals surface area contributed by atoms with E-state index in [0.717, 1.165) is 0 Å². The summed E-state index contributed by atoms with van der Waals surface area (Å²) in [4.78, 5) is 7.08. The van der Waals surface area contributed by atoms with Gasteiger partial charge in [0.2, 0.25) is 0 Å². The fourth-order valence-electron chi connectivity index (χ4n) is 0.199. The van der Waals surface area contributed by atoms with E-state index >= 15 is 0 Å². The van der Waals surface area contributed by atoms with Gasteiger partial charge in [0.15, 0.2) is 0 Å². The van der Waals surface area contributed by atoms with E-state index in [4.69, 9.17) is 0 Å². The SMILES string of the molecule is [W].[W].[c-]1cnc[c-]n1. The maximum atomic E-state index is 3.61. The van der Waals surface area contributed by atoms with Gasteiger partial charge in [-0.2, -0.15) is 0 Å². The van der Waals surface area contributed by atoms with E-state index in [2.05, 4.69) is 22.4 Å². The average Bonchev–Trinajstić information content (AvgIpc) is 1.72. The molecule has 0 amide bonds. The van der Waals surface area contributed by atoms with Gasteiger partial charge in [0, 0.05) is 42.1 Å². The maximum Gasteiger partial charge on any atom is 0 e. The van der Waals surface area contributed by atoms with Gasteiger partial charge in [0.25, 0.3) is 0 Å². The zero-order valence-electron chi connectivity index (χ0n) is 3.87. The number of hydrogen-bond acceptors (Lipinski definition) is 2. The normalized spacial score (nSPS) is 6.00. The first-order valence-corrected chi connectivity index (χ1v) is 1.54. The minimum Gasteiger partial charge on any atom is -0.673 e. The Balaban J connectivity index is 0. The minimum absolute atomic E-state index is 0. The fourth-order valence-corrected chi connectivity index (χ4v) is 0.199. The van der Waals surface area contributed by atoms with E-state index in [1.54, 1.807) is 0 Å². The van der Waals surface area contributed by atoms with E-state index in [0.29, 0.717) is 0 Å². The Morgan fingerprint density at radius 1 is 1.00 bits per heavy atom. The Morgan fingerprint density at radius 3 is 1.62 bits per heavy atom. The van der Waals surface area contributed by atoms with Crippen LogP contribution in [0, 0.1) is 12.4 Å². The maximum absolute atomic E-state index is 3.61. The fraction of sp³-hybridized carbons (Fsp3) is 0. The van der Waals surface area contributed by atoms with Crippen LogP contribution >= 0.6 is 0 Å². The summed E-state index contributed by atoms with van der Waals surface area (Å²) < 4.78 is 0. The third-order valence-electron chi connectivity index (χ3n) is 0.394. The molecule has 1 aromatic heterocycles. The third kappa shape index (κ3) is 4.61. The van der Waals surface area contributed by atoms with Crippen molar-refractivity contribution in [3.63, 3.8) is 0 Å². The van der Waals surface area contributed by atoms with Crippen molar-refractivity contribution in [2.75, 3.05) is 0 Å². The second-order valence-corrected chi connectivity index (χ2v) is 0.777. The first kappa shape index (κ1) is 11.3. The van der Waals surface area contributed by atoms with Crippen molar-refractivity contribution >= 4 is 0 Å². The molecule has 0 unspecified atom stereocenters. The van der Waals surface area contributed by atoms with Gasteiger partial charge in [-0.3, -0.25) is 0 Å². The van der Waals surface area contributed by atoms with Gasteiger partial charge in [-0.1, -0.05) is 0 Å². The van der Waals surface area contributed by atoms with Gasteiger partial charge in [0.05, 0.1) is 0 Å². The molecular formula is C4H2N2W2-2. The quantitative estimate of drug-likeness (QED) is 0.529.